The average Bonchev–Trinajstić information content (AvgIpc) is 2.87. The fourth-order valence-corrected chi connectivity index (χ4v) is 3.52. The summed E-state index contributed by atoms with van der Waals surface area (Å²) in [4.78, 5) is 25.9. The van der Waals surface area contributed by atoms with Gasteiger partial charge in [0.15, 0.2) is 10.8 Å². The Kier molecular flexibility index (Phi) is 4.35. The number of aromatic amines is 1. The van der Waals surface area contributed by atoms with E-state index in [0.717, 1.165) is 24.9 Å². The van der Waals surface area contributed by atoms with E-state index in [1.54, 1.807) is 12.3 Å². The molecule has 2 aromatic rings. The minimum Gasteiger partial charge on any atom is -0.339 e. The molecule has 112 valence electrons. The highest BCUT2D eigenvalue weighted by Crippen LogP contribution is 2.22. The van der Waals surface area contributed by atoms with Gasteiger partial charge in [-0.3, -0.25) is 4.79 Å². The molecule has 1 aliphatic rings. The van der Waals surface area contributed by atoms with Crippen LogP contribution in [0.4, 0.5) is 0 Å². The molecule has 3 heterocycles. The van der Waals surface area contributed by atoms with Crippen LogP contribution in [0.2, 0.25) is 5.02 Å². The van der Waals surface area contributed by atoms with E-state index < -0.39 is 0 Å². The zero-order chi connectivity index (χ0) is 14.8. The standard InChI is InChI=1S/C14H17ClN4OS/c1-9-4-2-3-5-19(9)12(20)8-21-14-17-11-6-10(15)7-16-13(11)18-14/h6-7,9H,2-5,8H2,1H3,(H,16,17,18). The smallest absolute Gasteiger partial charge is 0.233 e. The van der Waals surface area contributed by atoms with Gasteiger partial charge in [0.1, 0.15) is 0 Å². The number of halogens is 1. The summed E-state index contributed by atoms with van der Waals surface area (Å²) in [5, 5.41) is 1.28. The number of imidazole rings is 1. The number of nitrogens with one attached hydrogen (secondary N) is 1. The Balaban J connectivity index is 1.64. The predicted molar refractivity (Wildman–Crippen MR) is 84.6 cm³/mol. The molecular formula is C14H17ClN4OS. The molecule has 1 saturated heterocycles. The summed E-state index contributed by atoms with van der Waals surface area (Å²) in [7, 11) is 0. The third-order valence-corrected chi connectivity index (χ3v) is 4.80. The van der Waals surface area contributed by atoms with E-state index in [0.29, 0.717) is 27.6 Å². The maximum absolute atomic E-state index is 12.3. The fourth-order valence-electron chi connectivity index (χ4n) is 2.60. The highest BCUT2D eigenvalue weighted by molar-refractivity contribution is 7.99. The first-order valence-electron chi connectivity index (χ1n) is 7.07. The second-order valence-corrected chi connectivity index (χ2v) is 6.69. The fraction of sp³-hybridized carbons (Fsp3) is 0.500. The van der Waals surface area contributed by atoms with Gasteiger partial charge in [0.25, 0.3) is 0 Å². The Labute approximate surface area is 132 Å². The van der Waals surface area contributed by atoms with Crippen LogP contribution in [0, 0.1) is 0 Å². The number of pyridine rings is 1. The van der Waals surface area contributed by atoms with Crippen molar-refractivity contribution in [3.63, 3.8) is 0 Å². The predicted octanol–water partition coefficient (Wildman–Crippen LogP) is 3.10. The number of aromatic nitrogens is 3. The second-order valence-electron chi connectivity index (χ2n) is 5.29. The quantitative estimate of drug-likeness (QED) is 0.881. The zero-order valence-electron chi connectivity index (χ0n) is 11.8. The van der Waals surface area contributed by atoms with Crippen molar-refractivity contribution in [3.8, 4) is 0 Å². The number of carbonyl (C=O) groups excluding carboxylic acids is 1. The largest absolute Gasteiger partial charge is 0.339 e. The maximum atomic E-state index is 12.3. The van der Waals surface area contributed by atoms with Crippen molar-refractivity contribution in [2.75, 3.05) is 12.3 Å². The third kappa shape index (κ3) is 3.32. The summed E-state index contributed by atoms with van der Waals surface area (Å²) >= 11 is 7.31. The molecule has 1 amide bonds. The van der Waals surface area contributed by atoms with Crippen molar-refractivity contribution >= 4 is 40.4 Å². The monoisotopic (exact) mass is 324 g/mol. The molecule has 5 nitrogen and oxygen atoms in total. The third-order valence-electron chi connectivity index (χ3n) is 3.74. The Morgan fingerprint density at radius 1 is 1.57 bits per heavy atom. The number of H-pyrrole nitrogens is 1. The van der Waals surface area contributed by atoms with Crippen LogP contribution in [0.15, 0.2) is 17.4 Å². The van der Waals surface area contributed by atoms with Gasteiger partial charge in [-0.15, -0.1) is 0 Å². The Hall–Kier alpha value is -1.27. The lowest BCUT2D eigenvalue weighted by Crippen LogP contribution is -2.42. The molecule has 1 atom stereocenters. The summed E-state index contributed by atoms with van der Waals surface area (Å²) in [6.45, 7) is 2.99. The molecule has 1 N–H and O–H groups in total. The van der Waals surface area contributed by atoms with Gasteiger partial charge in [-0.05, 0) is 32.3 Å². The van der Waals surface area contributed by atoms with Crippen molar-refractivity contribution < 1.29 is 4.79 Å². The van der Waals surface area contributed by atoms with E-state index in [1.807, 2.05) is 4.90 Å². The van der Waals surface area contributed by atoms with Crippen molar-refractivity contribution in [3.05, 3.63) is 17.3 Å². The molecule has 0 aromatic carbocycles. The summed E-state index contributed by atoms with van der Waals surface area (Å²) in [5.74, 6) is 0.580. The highest BCUT2D eigenvalue weighted by atomic mass is 35.5. The molecule has 1 fully saturated rings. The number of nitrogens with zero attached hydrogens (tertiary/aromatic N) is 3. The van der Waals surface area contributed by atoms with E-state index in [9.17, 15) is 4.79 Å². The van der Waals surface area contributed by atoms with Gasteiger partial charge >= 0.3 is 0 Å². The summed E-state index contributed by atoms with van der Waals surface area (Å²) in [6, 6.07) is 2.14. The average molecular weight is 325 g/mol. The molecule has 1 aliphatic heterocycles. The molecule has 2 aromatic heterocycles. The topological polar surface area (TPSA) is 61.9 Å². The molecule has 7 heteroatoms. The van der Waals surface area contributed by atoms with E-state index in [2.05, 4.69) is 21.9 Å². The second kappa shape index (κ2) is 6.23. The molecule has 0 spiro atoms. The first kappa shape index (κ1) is 14.7. The van der Waals surface area contributed by atoms with Crippen LogP contribution in [0.1, 0.15) is 26.2 Å². The first-order chi connectivity index (χ1) is 10.1. The minimum absolute atomic E-state index is 0.179. The van der Waals surface area contributed by atoms with Crippen LogP contribution in [0.25, 0.3) is 11.2 Å². The summed E-state index contributed by atoms with van der Waals surface area (Å²) in [6.07, 6.45) is 4.99. The number of rotatable bonds is 3. The normalized spacial score (nSPS) is 19.1. The zero-order valence-corrected chi connectivity index (χ0v) is 13.4. The van der Waals surface area contributed by atoms with E-state index in [4.69, 9.17) is 11.6 Å². The van der Waals surface area contributed by atoms with Crippen molar-refractivity contribution in [2.24, 2.45) is 0 Å². The number of fused-ring (bicyclic) bond motifs is 1. The van der Waals surface area contributed by atoms with Gasteiger partial charge < -0.3 is 9.88 Å². The van der Waals surface area contributed by atoms with Gasteiger partial charge in [0.05, 0.1) is 16.3 Å². The molecule has 0 radical (unpaired) electrons. The van der Waals surface area contributed by atoms with Crippen LogP contribution >= 0.6 is 23.4 Å². The lowest BCUT2D eigenvalue weighted by Gasteiger charge is -2.33. The molecule has 0 aliphatic carbocycles. The minimum atomic E-state index is 0.179. The van der Waals surface area contributed by atoms with Crippen LogP contribution in [0.3, 0.4) is 0 Å². The van der Waals surface area contributed by atoms with E-state index in [1.165, 1.54) is 18.2 Å². The SMILES string of the molecule is CC1CCCCN1C(=O)CSc1nc2ncc(Cl)cc2[nH]1. The van der Waals surface area contributed by atoms with Gasteiger partial charge in [-0.25, -0.2) is 9.97 Å². The van der Waals surface area contributed by atoms with Crippen LogP contribution < -0.4 is 0 Å². The number of thioether (sulfide) groups is 1. The van der Waals surface area contributed by atoms with Crippen molar-refractivity contribution in [1.82, 2.24) is 19.9 Å². The molecule has 0 bridgehead atoms. The number of likely N-dealkylation sites (tertiary alicyclic amines) is 1. The number of amides is 1. The van der Waals surface area contributed by atoms with Crippen molar-refractivity contribution in [2.45, 2.75) is 37.4 Å². The number of piperidine rings is 1. The van der Waals surface area contributed by atoms with Crippen LogP contribution in [0.5, 0.6) is 0 Å². The maximum Gasteiger partial charge on any atom is 0.233 e. The lowest BCUT2D eigenvalue weighted by molar-refractivity contribution is -0.131. The Morgan fingerprint density at radius 3 is 3.24 bits per heavy atom. The highest BCUT2D eigenvalue weighted by Gasteiger charge is 2.23. The number of hydrogen-bond acceptors (Lipinski definition) is 4. The van der Waals surface area contributed by atoms with Crippen LogP contribution in [-0.4, -0.2) is 44.1 Å². The first-order valence-corrected chi connectivity index (χ1v) is 8.43. The Morgan fingerprint density at radius 2 is 2.43 bits per heavy atom. The van der Waals surface area contributed by atoms with E-state index in [-0.39, 0.29) is 5.91 Å². The molecule has 21 heavy (non-hydrogen) atoms. The Bertz CT molecular complexity index is 659. The van der Waals surface area contributed by atoms with Gasteiger partial charge in [0.2, 0.25) is 5.91 Å². The molecule has 1 unspecified atom stereocenters. The molecular weight excluding hydrogens is 308 g/mol. The van der Waals surface area contributed by atoms with Crippen LogP contribution in [-0.2, 0) is 4.79 Å². The number of hydrogen-bond donors (Lipinski definition) is 1. The van der Waals surface area contributed by atoms with Gasteiger partial charge in [-0.2, -0.15) is 0 Å². The molecule has 3 rings (SSSR count). The lowest BCUT2D eigenvalue weighted by atomic mass is 10.0. The van der Waals surface area contributed by atoms with Gasteiger partial charge in [0, 0.05) is 18.8 Å². The van der Waals surface area contributed by atoms with Gasteiger partial charge in [-0.1, -0.05) is 23.4 Å². The number of carbonyl (C=O) groups is 1. The van der Waals surface area contributed by atoms with E-state index >= 15 is 0 Å². The van der Waals surface area contributed by atoms with Crippen molar-refractivity contribution in [1.29, 1.82) is 0 Å². The summed E-state index contributed by atoms with van der Waals surface area (Å²) in [5.41, 5.74) is 1.42. The molecule has 0 saturated carbocycles. The summed E-state index contributed by atoms with van der Waals surface area (Å²) < 4.78 is 0.